The van der Waals surface area contributed by atoms with Crippen LogP contribution < -0.4 is 5.32 Å². The Bertz CT molecular complexity index is 471. The third-order valence-corrected chi connectivity index (χ3v) is 2.59. The predicted molar refractivity (Wildman–Crippen MR) is 64.8 cm³/mol. The minimum Gasteiger partial charge on any atom is -0.428 e. The van der Waals surface area contributed by atoms with Gasteiger partial charge in [-0.3, -0.25) is 0 Å². The van der Waals surface area contributed by atoms with Crippen LogP contribution in [0.4, 0.5) is 6.01 Å². The van der Waals surface area contributed by atoms with E-state index < -0.39 is 0 Å². The van der Waals surface area contributed by atoms with E-state index in [4.69, 9.17) is 4.42 Å². The Morgan fingerprint density at radius 2 is 1.88 bits per heavy atom. The van der Waals surface area contributed by atoms with Crippen LogP contribution in [0.1, 0.15) is 22.6 Å². The summed E-state index contributed by atoms with van der Waals surface area (Å²) in [4.78, 5) is 4.27. The normalized spacial score (nSPS) is 10.4. The molecule has 1 aromatic carbocycles. The van der Waals surface area contributed by atoms with Gasteiger partial charge in [0, 0.05) is 13.5 Å². The van der Waals surface area contributed by atoms with Crippen molar-refractivity contribution in [2.75, 3.05) is 12.4 Å². The number of aromatic nitrogens is 1. The fourth-order valence-electron chi connectivity index (χ4n) is 1.59. The number of rotatable bonds is 3. The topological polar surface area (TPSA) is 38.1 Å². The molecule has 0 unspecified atom stereocenters. The van der Waals surface area contributed by atoms with Crippen LogP contribution in [-0.4, -0.2) is 12.0 Å². The van der Waals surface area contributed by atoms with Gasteiger partial charge in [0.05, 0.1) is 5.69 Å². The molecule has 1 N–H and O–H groups in total. The summed E-state index contributed by atoms with van der Waals surface area (Å²) in [6.45, 7) is 4.05. The van der Waals surface area contributed by atoms with Gasteiger partial charge < -0.3 is 9.73 Å². The van der Waals surface area contributed by atoms with Crippen molar-refractivity contribution >= 4 is 6.01 Å². The average molecular weight is 216 g/mol. The van der Waals surface area contributed by atoms with Gasteiger partial charge in [-0.05, 0) is 19.4 Å². The monoisotopic (exact) mass is 216 g/mol. The quantitative estimate of drug-likeness (QED) is 0.857. The molecule has 0 amide bonds. The van der Waals surface area contributed by atoms with Gasteiger partial charge in [0.25, 0.3) is 6.01 Å². The maximum atomic E-state index is 5.58. The molecule has 3 heteroatoms. The Morgan fingerprint density at radius 1 is 1.19 bits per heavy atom. The molecule has 0 fully saturated rings. The van der Waals surface area contributed by atoms with Crippen LogP contribution in [0.3, 0.4) is 0 Å². The molecule has 3 nitrogen and oxygen atoms in total. The minimum absolute atomic E-state index is 0.583. The Balaban J connectivity index is 2.19. The zero-order chi connectivity index (χ0) is 11.5. The SMILES string of the molecule is CNc1nc(C)c(Cc2ccc(C)cc2)o1. The zero-order valence-electron chi connectivity index (χ0n) is 9.87. The van der Waals surface area contributed by atoms with E-state index >= 15 is 0 Å². The van der Waals surface area contributed by atoms with E-state index in [1.165, 1.54) is 11.1 Å². The Kier molecular flexibility index (Phi) is 2.95. The first-order chi connectivity index (χ1) is 7.69. The number of hydrogen-bond acceptors (Lipinski definition) is 3. The fourth-order valence-corrected chi connectivity index (χ4v) is 1.59. The van der Waals surface area contributed by atoms with Crippen molar-refractivity contribution in [1.29, 1.82) is 0 Å². The van der Waals surface area contributed by atoms with Crippen molar-refractivity contribution in [2.24, 2.45) is 0 Å². The van der Waals surface area contributed by atoms with Crippen molar-refractivity contribution < 1.29 is 4.42 Å². The molecule has 1 aromatic heterocycles. The number of oxazole rings is 1. The number of nitrogens with zero attached hydrogens (tertiary/aromatic N) is 1. The van der Waals surface area contributed by atoms with Crippen LogP contribution in [0.25, 0.3) is 0 Å². The van der Waals surface area contributed by atoms with Crippen molar-refractivity contribution in [1.82, 2.24) is 4.98 Å². The highest BCUT2D eigenvalue weighted by Crippen LogP contribution is 2.18. The molecule has 0 saturated carbocycles. The molecule has 0 aliphatic carbocycles. The molecule has 0 aliphatic heterocycles. The van der Waals surface area contributed by atoms with E-state index in [0.717, 1.165) is 17.9 Å². The van der Waals surface area contributed by atoms with E-state index in [2.05, 4.69) is 41.5 Å². The second-order valence-corrected chi connectivity index (χ2v) is 3.94. The molecule has 0 bridgehead atoms. The molecule has 2 aromatic rings. The standard InChI is InChI=1S/C13H16N2O/c1-9-4-6-11(7-5-9)8-12-10(2)15-13(14-3)16-12/h4-7H,8H2,1-3H3,(H,14,15). The van der Waals surface area contributed by atoms with Crippen LogP contribution in [0.5, 0.6) is 0 Å². The first kappa shape index (κ1) is 10.7. The summed E-state index contributed by atoms with van der Waals surface area (Å²) in [7, 11) is 1.81. The van der Waals surface area contributed by atoms with Crippen LogP contribution in [0.15, 0.2) is 28.7 Å². The summed E-state index contributed by atoms with van der Waals surface area (Å²) in [5.74, 6) is 0.924. The summed E-state index contributed by atoms with van der Waals surface area (Å²) < 4.78 is 5.58. The van der Waals surface area contributed by atoms with Crippen molar-refractivity contribution in [3.8, 4) is 0 Å². The third-order valence-electron chi connectivity index (χ3n) is 2.59. The van der Waals surface area contributed by atoms with Crippen molar-refractivity contribution in [2.45, 2.75) is 20.3 Å². The van der Waals surface area contributed by atoms with Crippen LogP contribution in [0, 0.1) is 13.8 Å². The van der Waals surface area contributed by atoms with Crippen molar-refractivity contribution in [3.63, 3.8) is 0 Å². The maximum absolute atomic E-state index is 5.58. The van der Waals surface area contributed by atoms with Gasteiger partial charge in [-0.25, -0.2) is 0 Å². The van der Waals surface area contributed by atoms with Gasteiger partial charge in [-0.2, -0.15) is 4.98 Å². The maximum Gasteiger partial charge on any atom is 0.294 e. The molecule has 16 heavy (non-hydrogen) atoms. The first-order valence-electron chi connectivity index (χ1n) is 5.38. The second kappa shape index (κ2) is 4.39. The van der Waals surface area contributed by atoms with Gasteiger partial charge >= 0.3 is 0 Å². The molecule has 0 radical (unpaired) electrons. The second-order valence-electron chi connectivity index (χ2n) is 3.94. The zero-order valence-corrected chi connectivity index (χ0v) is 9.87. The highest BCUT2D eigenvalue weighted by atomic mass is 16.4. The molecular weight excluding hydrogens is 200 g/mol. The summed E-state index contributed by atoms with van der Waals surface area (Å²) >= 11 is 0. The van der Waals surface area contributed by atoms with E-state index in [1.807, 2.05) is 6.92 Å². The van der Waals surface area contributed by atoms with Gasteiger partial charge in [0.2, 0.25) is 0 Å². The van der Waals surface area contributed by atoms with Crippen molar-refractivity contribution in [3.05, 3.63) is 46.8 Å². The Labute approximate surface area is 95.5 Å². The summed E-state index contributed by atoms with van der Waals surface area (Å²) in [6, 6.07) is 9.05. The Hall–Kier alpha value is -1.77. The first-order valence-corrected chi connectivity index (χ1v) is 5.38. The lowest BCUT2D eigenvalue weighted by atomic mass is 10.1. The van der Waals surface area contributed by atoms with E-state index in [1.54, 1.807) is 7.05 Å². The molecule has 0 atom stereocenters. The van der Waals surface area contributed by atoms with E-state index in [9.17, 15) is 0 Å². The highest BCUT2D eigenvalue weighted by molar-refractivity contribution is 5.29. The lowest BCUT2D eigenvalue weighted by molar-refractivity contribution is 0.528. The predicted octanol–water partition coefficient (Wildman–Crippen LogP) is 2.92. The molecule has 0 aliphatic rings. The summed E-state index contributed by atoms with van der Waals surface area (Å²) in [5.41, 5.74) is 3.46. The van der Waals surface area contributed by atoms with Gasteiger partial charge in [0.1, 0.15) is 5.76 Å². The third kappa shape index (κ3) is 2.24. The Morgan fingerprint density at radius 3 is 2.44 bits per heavy atom. The lowest BCUT2D eigenvalue weighted by Gasteiger charge is -1.99. The number of nitrogens with one attached hydrogen (secondary N) is 1. The molecule has 0 saturated heterocycles. The largest absolute Gasteiger partial charge is 0.428 e. The number of hydrogen-bond donors (Lipinski definition) is 1. The number of benzene rings is 1. The number of anilines is 1. The van der Waals surface area contributed by atoms with Gasteiger partial charge in [-0.1, -0.05) is 29.8 Å². The van der Waals surface area contributed by atoms with Crippen LogP contribution >= 0.6 is 0 Å². The summed E-state index contributed by atoms with van der Waals surface area (Å²) in [5, 5.41) is 2.91. The molecule has 84 valence electrons. The smallest absolute Gasteiger partial charge is 0.294 e. The average Bonchev–Trinajstić information content (AvgIpc) is 2.63. The van der Waals surface area contributed by atoms with Gasteiger partial charge in [-0.15, -0.1) is 0 Å². The molecule has 2 rings (SSSR count). The molecular formula is C13H16N2O. The van der Waals surface area contributed by atoms with E-state index in [-0.39, 0.29) is 0 Å². The highest BCUT2D eigenvalue weighted by Gasteiger charge is 2.08. The number of aryl methyl sites for hydroxylation is 2. The van der Waals surface area contributed by atoms with Crippen LogP contribution in [0.2, 0.25) is 0 Å². The summed E-state index contributed by atoms with van der Waals surface area (Å²) in [6.07, 6.45) is 0.792. The van der Waals surface area contributed by atoms with E-state index in [0.29, 0.717) is 6.01 Å². The van der Waals surface area contributed by atoms with Crippen LogP contribution in [-0.2, 0) is 6.42 Å². The molecule has 0 spiro atoms. The lowest BCUT2D eigenvalue weighted by Crippen LogP contribution is -1.88. The molecule has 1 heterocycles. The minimum atomic E-state index is 0.583. The fraction of sp³-hybridized carbons (Fsp3) is 0.308. The van der Waals surface area contributed by atoms with Gasteiger partial charge in [0.15, 0.2) is 0 Å².